The fourth-order valence-corrected chi connectivity index (χ4v) is 1.22. The van der Waals surface area contributed by atoms with Crippen LogP contribution < -0.4 is 11.1 Å². The van der Waals surface area contributed by atoms with Crippen molar-refractivity contribution in [2.24, 2.45) is 11.7 Å². The third-order valence-corrected chi connectivity index (χ3v) is 2.49. The number of rotatable bonds is 4. The van der Waals surface area contributed by atoms with Crippen molar-refractivity contribution in [2.75, 3.05) is 11.9 Å². The molecule has 1 atom stereocenters. The van der Waals surface area contributed by atoms with Crippen molar-refractivity contribution >= 4 is 17.3 Å². The summed E-state index contributed by atoms with van der Waals surface area (Å²) >= 11 is 0. The molecule has 6 heteroatoms. The summed E-state index contributed by atoms with van der Waals surface area (Å²) in [6.45, 7) is 3.70. The van der Waals surface area contributed by atoms with Crippen LogP contribution in [0.4, 0.5) is 11.4 Å². The third-order valence-electron chi connectivity index (χ3n) is 2.49. The van der Waals surface area contributed by atoms with Crippen LogP contribution in [-0.2, 0) is 4.79 Å². The monoisotopic (exact) mass is 237 g/mol. The van der Waals surface area contributed by atoms with Crippen LogP contribution in [0.1, 0.15) is 12.5 Å². The van der Waals surface area contributed by atoms with Gasteiger partial charge in [-0.15, -0.1) is 0 Å². The highest BCUT2D eigenvalue weighted by molar-refractivity contribution is 5.93. The number of benzene rings is 1. The number of nitrogens with zero attached hydrogens (tertiary/aromatic N) is 1. The van der Waals surface area contributed by atoms with Gasteiger partial charge in [-0.25, -0.2) is 0 Å². The van der Waals surface area contributed by atoms with Crippen LogP contribution in [-0.4, -0.2) is 17.4 Å². The minimum Gasteiger partial charge on any atom is -0.330 e. The lowest BCUT2D eigenvalue weighted by molar-refractivity contribution is -0.384. The van der Waals surface area contributed by atoms with Crippen molar-refractivity contribution in [3.8, 4) is 0 Å². The van der Waals surface area contributed by atoms with Gasteiger partial charge in [-0.05, 0) is 12.5 Å². The third kappa shape index (κ3) is 3.25. The maximum absolute atomic E-state index is 11.6. The van der Waals surface area contributed by atoms with Crippen LogP contribution in [0.3, 0.4) is 0 Å². The van der Waals surface area contributed by atoms with E-state index in [1.165, 1.54) is 12.1 Å². The number of aryl methyl sites for hydroxylation is 1. The number of carbonyl (C=O) groups excluding carboxylic acids is 1. The molecule has 0 aliphatic rings. The van der Waals surface area contributed by atoms with Gasteiger partial charge in [-0.2, -0.15) is 0 Å². The molecule has 0 heterocycles. The number of nitrogens with one attached hydrogen (secondary N) is 1. The highest BCUT2D eigenvalue weighted by Crippen LogP contribution is 2.22. The molecule has 0 aliphatic heterocycles. The lowest BCUT2D eigenvalue weighted by Gasteiger charge is -2.11. The van der Waals surface area contributed by atoms with E-state index in [1.54, 1.807) is 19.9 Å². The van der Waals surface area contributed by atoms with Crippen LogP contribution in [0.25, 0.3) is 0 Å². The minimum atomic E-state index is -0.499. The summed E-state index contributed by atoms with van der Waals surface area (Å²) in [5.41, 5.74) is 6.54. The van der Waals surface area contributed by atoms with E-state index in [0.29, 0.717) is 5.69 Å². The number of non-ortho nitro benzene ring substituents is 1. The first kappa shape index (κ1) is 13.1. The first-order chi connectivity index (χ1) is 7.95. The first-order valence-corrected chi connectivity index (χ1v) is 5.21. The predicted octanol–water partition coefficient (Wildman–Crippen LogP) is 1.44. The lowest BCUT2D eigenvalue weighted by atomic mass is 10.1. The predicted molar refractivity (Wildman–Crippen MR) is 64.7 cm³/mol. The van der Waals surface area contributed by atoms with E-state index in [2.05, 4.69) is 5.32 Å². The van der Waals surface area contributed by atoms with Gasteiger partial charge < -0.3 is 11.1 Å². The number of amides is 1. The van der Waals surface area contributed by atoms with Crippen molar-refractivity contribution < 1.29 is 9.72 Å². The maximum Gasteiger partial charge on any atom is 0.271 e. The second-order valence-corrected chi connectivity index (χ2v) is 3.88. The molecule has 0 saturated heterocycles. The quantitative estimate of drug-likeness (QED) is 0.611. The Balaban J connectivity index is 2.94. The Morgan fingerprint density at radius 1 is 1.59 bits per heavy atom. The van der Waals surface area contributed by atoms with Crippen molar-refractivity contribution in [1.82, 2.24) is 0 Å². The molecule has 17 heavy (non-hydrogen) atoms. The number of hydrogen-bond acceptors (Lipinski definition) is 4. The second kappa shape index (κ2) is 5.40. The zero-order chi connectivity index (χ0) is 13.0. The SMILES string of the molecule is Cc1ccc([N+](=O)[O-])cc1NC(=O)C(C)CN. The summed E-state index contributed by atoms with van der Waals surface area (Å²) in [7, 11) is 0. The van der Waals surface area contributed by atoms with E-state index in [1.807, 2.05) is 0 Å². The molecular formula is C11H15N3O3. The minimum absolute atomic E-state index is 0.0497. The van der Waals surface area contributed by atoms with Crippen LogP contribution in [0.2, 0.25) is 0 Å². The zero-order valence-electron chi connectivity index (χ0n) is 9.77. The summed E-state index contributed by atoms with van der Waals surface area (Å²) in [4.78, 5) is 21.7. The molecule has 1 aromatic carbocycles. The van der Waals surface area contributed by atoms with Gasteiger partial charge in [0, 0.05) is 24.6 Å². The zero-order valence-corrected chi connectivity index (χ0v) is 9.77. The molecule has 0 aliphatic carbocycles. The van der Waals surface area contributed by atoms with Crippen molar-refractivity contribution in [1.29, 1.82) is 0 Å². The molecule has 1 amide bonds. The summed E-state index contributed by atoms with van der Waals surface area (Å²) in [5, 5.41) is 13.2. The number of anilines is 1. The van der Waals surface area contributed by atoms with Gasteiger partial charge in [0.25, 0.3) is 5.69 Å². The molecule has 3 N–H and O–H groups in total. The van der Waals surface area contributed by atoms with E-state index in [4.69, 9.17) is 5.73 Å². The van der Waals surface area contributed by atoms with E-state index in [0.717, 1.165) is 5.56 Å². The molecule has 1 rings (SSSR count). The van der Waals surface area contributed by atoms with E-state index >= 15 is 0 Å². The molecular weight excluding hydrogens is 222 g/mol. The number of nitro groups is 1. The molecule has 1 aromatic rings. The molecule has 92 valence electrons. The summed E-state index contributed by atoms with van der Waals surface area (Å²) < 4.78 is 0. The standard InChI is InChI=1S/C11H15N3O3/c1-7-3-4-9(14(16)17)5-10(7)13-11(15)8(2)6-12/h3-5,8H,6,12H2,1-2H3,(H,13,15). The fourth-order valence-electron chi connectivity index (χ4n) is 1.22. The second-order valence-electron chi connectivity index (χ2n) is 3.88. The van der Waals surface area contributed by atoms with Crippen LogP contribution >= 0.6 is 0 Å². The topological polar surface area (TPSA) is 98.3 Å². The lowest BCUT2D eigenvalue weighted by Crippen LogP contribution is -2.26. The molecule has 0 fully saturated rings. The Labute approximate surface area is 99.0 Å². The van der Waals surface area contributed by atoms with E-state index in [-0.39, 0.29) is 24.1 Å². The highest BCUT2D eigenvalue weighted by Gasteiger charge is 2.14. The van der Waals surface area contributed by atoms with Gasteiger partial charge in [0.2, 0.25) is 5.91 Å². The van der Waals surface area contributed by atoms with Gasteiger partial charge in [-0.1, -0.05) is 13.0 Å². The highest BCUT2D eigenvalue weighted by atomic mass is 16.6. The van der Waals surface area contributed by atoms with Crippen molar-refractivity contribution in [3.63, 3.8) is 0 Å². The number of hydrogen-bond donors (Lipinski definition) is 2. The Morgan fingerprint density at radius 3 is 2.76 bits per heavy atom. The molecule has 0 saturated carbocycles. The van der Waals surface area contributed by atoms with Crippen molar-refractivity contribution in [3.05, 3.63) is 33.9 Å². The summed E-state index contributed by atoms with van der Waals surface area (Å²) in [6, 6.07) is 4.34. The number of carbonyl (C=O) groups is 1. The van der Waals surface area contributed by atoms with Gasteiger partial charge in [-0.3, -0.25) is 14.9 Å². The normalized spacial score (nSPS) is 11.9. The Hall–Kier alpha value is -1.95. The molecule has 0 spiro atoms. The maximum atomic E-state index is 11.6. The van der Waals surface area contributed by atoms with Crippen LogP contribution in [0.5, 0.6) is 0 Å². The van der Waals surface area contributed by atoms with Crippen LogP contribution in [0.15, 0.2) is 18.2 Å². The Morgan fingerprint density at radius 2 is 2.24 bits per heavy atom. The molecule has 1 unspecified atom stereocenters. The summed E-state index contributed by atoms with van der Waals surface area (Å²) in [5.74, 6) is -0.565. The number of nitro benzene ring substituents is 1. The molecule has 0 radical (unpaired) electrons. The Kier molecular flexibility index (Phi) is 4.17. The van der Waals surface area contributed by atoms with E-state index in [9.17, 15) is 14.9 Å². The van der Waals surface area contributed by atoms with Crippen molar-refractivity contribution in [2.45, 2.75) is 13.8 Å². The van der Waals surface area contributed by atoms with Gasteiger partial charge >= 0.3 is 0 Å². The Bertz CT molecular complexity index is 446. The average Bonchev–Trinajstić information content (AvgIpc) is 2.30. The largest absolute Gasteiger partial charge is 0.330 e. The molecule has 0 aromatic heterocycles. The first-order valence-electron chi connectivity index (χ1n) is 5.21. The molecule has 0 bridgehead atoms. The van der Waals surface area contributed by atoms with Crippen LogP contribution in [0, 0.1) is 23.0 Å². The summed E-state index contributed by atoms with van der Waals surface area (Å²) in [6.07, 6.45) is 0. The number of nitrogens with two attached hydrogens (primary N) is 1. The van der Waals surface area contributed by atoms with Gasteiger partial charge in [0.1, 0.15) is 0 Å². The average molecular weight is 237 g/mol. The van der Waals surface area contributed by atoms with Gasteiger partial charge in [0.05, 0.1) is 10.6 Å². The smallest absolute Gasteiger partial charge is 0.271 e. The fraction of sp³-hybridized carbons (Fsp3) is 0.364. The van der Waals surface area contributed by atoms with Gasteiger partial charge in [0.15, 0.2) is 0 Å². The van der Waals surface area contributed by atoms with E-state index < -0.39 is 4.92 Å². The molecule has 6 nitrogen and oxygen atoms in total.